The summed E-state index contributed by atoms with van der Waals surface area (Å²) in [5, 5.41) is 11.0. The summed E-state index contributed by atoms with van der Waals surface area (Å²) in [6.07, 6.45) is 0. The molecule has 0 fully saturated rings. The Balaban J connectivity index is 2.49. The number of benzene rings is 1. The van der Waals surface area contributed by atoms with Gasteiger partial charge in [-0.05, 0) is 12.1 Å². The standard InChI is InChI=1S/C11H8N2OS/c1-14-10-5-3-2-4-8(10)9-7-15-11(6-12)13-9/h2-5,7H,1H3. The van der Waals surface area contributed by atoms with Crippen LogP contribution in [0.2, 0.25) is 0 Å². The highest BCUT2D eigenvalue weighted by atomic mass is 32.1. The zero-order valence-corrected chi connectivity index (χ0v) is 8.91. The topological polar surface area (TPSA) is 45.9 Å². The first-order valence-electron chi connectivity index (χ1n) is 4.34. The lowest BCUT2D eigenvalue weighted by Gasteiger charge is -2.04. The Morgan fingerprint density at radius 1 is 1.40 bits per heavy atom. The Labute approximate surface area is 91.6 Å². The Kier molecular flexibility index (Phi) is 2.66. The summed E-state index contributed by atoms with van der Waals surface area (Å²) >= 11 is 1.34. The zero-order chi connectivity index (χ0) is 10.7. The van der Waals surface area contributed by atoms with Gasteiger partial charge in [0.2, 0.25) is 0 Å². The molecule has 1 heterocycles. The fraction of sp³-hybridized carbons (Fsp3) is 0.0909. The summed E-state index contributed by atoms with van der Waals surface area (Å²) in [5.74, 6) is 0.771. The highest BCUT2D eigenvalue weighted by Gasteiger charge is 2.08. The molecule has 0 atom stereocenters. The van der Waals surface area contributed by atoms with Crippen molar-refractivity contribution in [1.82, 2.24) is 4.98 Å². The summed E-state index contributed by atoms with van der Waals surface area (Å²) in [7, 11) is 1.62. The molecule has 0 bridgehead atoms. The first-order chi connectivity index (χ1) is 7.35. The number of ether oxygens (including phenoxy) is 1. The van der Waals surface area contributed by atoms with Crippen LogP contribution in [-0.2, 0) is 0 Å². The number of aromatic nitrogens is 1. The van der Waals surface area contributed by atoms with Gasteiger partial charge in [-0.3, -0.25) is 0 Å². The van der Waals surface area contributed by atoms with Crippen LogP contribution in [0.3, 0.4) is 0 Å². The second kappa shape index (κ2) is 4.11. The molecule has 0 unspecified atom stereocenters. The van der Waals surface area contributed by atoms with Gasteiger partial charge in [0.15, 0.2) is 5.01 Å². The van der Waals surface area contributed by atoms with Crippen LogP contribution in [-0.4, -0.2) is 12.1 Å². The number of hydrogen-bond acceptors (Lipinski definition) is 4. The van der Waals surface area contributed by atoms with Gasteiger partial charge >= 0.3 is 0 Å². The van der Waals surface area contributed by atoms with Gasteiger partial charge in [0.25, 0.3) is 0 Å². The van der Waals surface area contributed by atoms with E-state index in [9.17, 15) is 0 Å². The number of methoxy groups -OCH3 is 1. The van der Waals surface area contributed by atoms with E-state index in [0.29, 0.717) is 5.01 Å². The summed E-state index contributed by atoms with van der Waals surface area (Å²) in [6, 6.07) is 9.65. The van der Waals surface area contributed by atoms with Crippen LogP contribution in [0, 0.1) is 11.3 Å². The van der Waals surface area contributed by atoms with Gasteiger partial charge in [-0.1, -0.05) is 12.1 Å². The largest absolute Gasteiger partial charge is 0.496 e. The molecule has 0 saturated heterocycles. The third-order valence-corrected chi connectivity index (χ3v) is 2.73. The van der Waals surface area contributed by atoms with Gasteiger partial charge in [-0.25, -0.2) is 4.98 Å². The van der Waals surface area contributed by atoms with E-state index < -0.39 is 0 Å². The van der Waals surface area contributed by atoms with Crippen molar-refractivity contribution < 1.29 is 4.74 Å². The van der Waals surface area contributed by atoms with Crippen LogP contribution in [0.25, 0.3) is 11.3 Å². The molecule has 1 aromatic heterocycles. The predicted molar refractivity (Wildman–Crippen MR) is 58.8 cm³/mol. The van der Waals surface area contributed by atoms with Crippen LogP contribution in [0.1, 0.15) is 5.01 Å². The molecule has 2 rings (SSSR count). The normalized spacial score (nSPS) is 9.60. The van der Waals surface area contributed by atoms with Crippen molar-refractivity contribution in [2.75, 3.05) is 7.11 Å². The monoisotopic (exact) mass is 216 g/mol. The molecule has 15 heavy (non-hydrogen) atoms. The van der Waals surface area contributed by atoms with E-state index in [1.54, 1.807) is 7.11 Å². The molecular formula is C11H8N2OS. The molecule has 4 heteroatoms. The van der Waals surface area contributed by atoms with Crippen molar-refractivity contribution in [2.24, 2.45) is 0 Å². The van der Waals surface area contributed by atoms with Crippen molar-refractivity contribution in [3.8, 4) is 23.1 Å². The first kappa shape index (κ1) is 9.69. The van der Waals surface area contributed by atoms with E-state index >= 15 is 0 Å². The molecule has 0 aliphatic rings. The van der Waals surface area contributed by atoms with Crippen molar-refractivity contribution in [1.29, 1.82) is 5.26 Å². The van der Waals surface area contributed by atoms with Crippen LogP contribution in [0.5, 0.6) is 5.75 Å². The zero-order valence-electron chi connectivity index (χ0n) is 8.10. The molecule has 1 aromatic carbocycles. The molecule has 3 nitrogen and oxygen atoms in total. The smallest absolute Gasteiger partial charge is 0.194 e. The molecule has 0 amide bonds. The number of rotatable bonds is 2. The molecule has 0 radical (unpaired) electrons. The summed E-state index contributed by atoms with van der Waals surface area (Å²) in [6.45, 7) is 0. The quantitative estimate of drug-likeness (QED) is 0.775. The molecule has 2 aromatic rings. The first-order valence-corrected chi connectivity index (χ1v) is 5.22. The predicted octanol–water partition coefficient (Wildman–Crippen LogP) is 2.69. The Morgan fingerprint density at radius 2 is 2.20 bits per heavy atom. The number of thiazole rings is 1. The van der Waals surface area contributed by atoms with E-state index in [1.807, 2.05) is 35.7 Å². The molecule has 0 aliphatic carbocycles. The average molecular weight is 216 g/mol. The summed E-state index contributed by atoms with van der Waals surface area (Å²) in [4.78, 5) is 4.19. The maximum Gasteiger partial charge on any atom is 0.194 e. The third-order valence-electron chi connectivity index (χ3n) is 1.98. The minimum absolute atomic E-state index is 0.468. The van der Waals surface area contributed by atoms with Gasteiger partial charge in [0.05, 0.1) is 12.8 Å². The van der Waals surface area contributed by atoms with Crippen molar-refractivity contribution >= 4 is 11.3 Å². The lowest BCUT2D eigenvalue weighted by molar-refractivity contribution is 0.416. The fourth-order valence-electron chi connectivity index (χ4n) is 1.31. The lowest BCUT2D eigenvalue weighted by atomic mass is 10.1. The van der Waals surface area contributed by atoms with E-state index in [0.717, 1.165) is 17.0 Å². The number of para-hydroxylation sites is 1. The average Bonchev–Trinajstić information content (AvgIpc) is 2.77. The maximum atomic E-state index is 8.69. The number of nitrogens with zero attached hydrogens (tertiary/aromatic N) is 2. The summed E-state index contributed by atoms with van der Waals surface area (Å²) in [5.41, 5.74) is 1.70. The van der Waals surface area contributed by atoms with E-state index in [-0.39, 0.29) is 0 Å². The fourth-order valence-corrected chi connectivity index (χ4v) is 1.91. The Bertz CT molecular complexity index is 513. The van der Waals surface area contributed by atoms with Crippen LogP contribution in [0.4, 0.5) is 0 Å². The summed E-state index contributed by atoms with van der Waals surface area (Å²) < 4.78 is 5.22. The minimum Gasteiger partial charge on any atom is -0.496 e. The molecule has 0 spiro atoms. The third kappa shape index (κ3) is 1.83. The maximum absolute atomic E-state index is 8.69. The second-order valence-corrected chi connectivity index (χ2v) is 3.71. The van der Waals surface area contributed by atoms with Crippen LogP contribution >= 0.6 is 11.3 Å². The highest BCUT2D eigenvalue weighted by molar-refractivity contribution is 7.10. The van der Waals surface area contributed by atoms with E-state index in [4.69, 9.17) is 10.00 Å². The van der Waals surface area contributed by atoms with Gasteiger partial charge in [0.1, 0.15) is 11.8 Å². The van der Waals surface area contributed by atoms with Crippen molar-refractivity contribution in [3.63, 3.8) is 0 Å². The van der Waals surface area contributed by atoms with E-state index in [2.05, 4.69) is 4.98 Å². The Hall–Kier alpha value is -1.86. The van der Waals surface area contributed by atoms with Gasteiger partial charge in [-0.15, -0.1) is 11.3 Å². The highest BCUT2D eigenvalue weighted by Crippen LogP contribution is 2.29. The van der Waals surface area contributed by atoms with E-state index in [1.165, 1.54) is 11.3 Å². The van der Waals surface area contributed by atoms with Crippen molar-refractivity contribution in [2.45, 2.75) is 0 Å². The number of hydrogen-bond donors (Lipinski definition) is 0. The Morgan fingerprint density at radius 3 is 2.87 bits per heavy atom. The molecule has 0 N–H and O–H groups in total. The number of nitriles is 1. The van der Waals surface area contributed by atoms with Gasteiger partial charge in [-0.2, -0.15) is 5.26 Å². The molecule has 0 saturated carbocycles. The molecule has 0 aliphatic heterocycles. The SMILES string of the molecule is COc1ccccc1-c1csc(C#N)n1. The van der Waals surface area contributed by atoms with Gasteiger partial charge in [0, 0.05) is 10.9 Å². The van der Waals surface area contributed by atoms with Crippen LogP contribution in [0.15, 0.2) is 29.6 Å². The molecular weight excluding hydrogens is 208 g/mol. The minimum atomic E-state index is 0.468. The van der Waals surface area contributed by atoms with Crippen molar-refractivity contribution in [3.05, 3.63) is 34.7 Å². The van der Waals surface area contributed by atoms with Crippen LogP contribution < -0.4 is 4.74 Å². The molecule has 74 valence electrons. The lowest BCUT2D eigenvalue weighted by Crippen LogP contribution is -1.87. The van der Waals surface area contributed by atoms with Gasteiger partial charge < -0.3 is 4.74 Å². The second-order valence-electron chi connectivity index (χ2n) is 2.85.